The van der Waals surface area contributed by atoms with Crippen molar-refractivity contribution < 1.29 is 38.1 Å². The van der Waals surface area contributed by atoms with Crippen molar-refractivity contribution in [3.8, 4) is 12.1 Å². The van der Waals surface area contributed by atoms with Crippen LogP contribution in [-0.2, 0) is 38.1 Å². The Kier molecular flexibility index (Phi) is 15.4. The van der Waals surface area contributed by atoms with Crippen molar-refractivity contribution in [2.75, 3.05) is 28.4 Å². The van der Waals surface area contributed by atoms with E-state index < -0.39 is 45.5 Å². The first-order valence-electron chi connectivity index (χ1n) is 12.0. The van der Waals surface area contributed by atoms with Crippen molar-refractivity contribution in [3.05, 3.63) is 0 Å². The van der Waals surface area contributed by atoms with E-state index in [2.05, 4.69) is 16.9 Å². The molecule has 37 heavy (non-hydrogen) atoms. The van der Waals surface area contributed by atoms with Gasteiger partial charge in [0.1, 0.15) is 0 Å². The zero-order chi connectivity index (χ0) is 29.5. The largest absolute Gasteiger partial charge is 0.471 e. The van der Waals surface area contributed by atoms with Crippen LogP contribution < -0.4 is 0 Å². The second-order valence-electron chi connectivity index (χ2n) is 10.9. The first-order chi connectivity index (χ1) is 17.0. The van der Waals surface area contributed by atoms with Crippen LogP contribution in [0.1, 0.15) is 80.1 Å². The Balaban J connectivity index is 0. The SMILES string of the molecule is COC(=O)C(C)CC(C)(CC(C)(C#N)CC(C)(CCCC(C)(C)C#N)C(=O)OC)C(=O)OC.COC=O. The number of nitriles is 2. The Morgan fingerprint density at radius 1 is 0.811 bits per heavy atom. The van der Waals surface area contributed by atoms with Gasteiger partial charge in [-0.3, -0.25) is 19.2 Å². The van der Waals surface area contributed by atoms with Crippen molar-refractivity contribution >= 4 is 24.4 Å². The molecule has 0 fully saturated rings. The first-order valence-corrected chi connectivity index (χ1v) is 12.0. The lowest BCUT2D eigenvalue weighted by molar-refractivity contribution is -0.158. The van der Waals surface area contributed by atoms with E-state index in [1.54, 1.807) is 27.7 Å². The molecule has 0 rings (SSSR count). The van der Waals surface area contributed by atoms with E-state index in [-0.39, 0.29) is 19.3 Å². The highest BCUT2D eigenvalue weighted by molar-refractivity contribution is 5.79. The maximum absolute atomic E-state index is 12.8. The van der Waals surface area contributed by atoms with E-state index in [9.17, 15) is 24.9 Å². The lowest BCUT2D eigenvalue weighted by Gasteiger charge is -2.39. The van der Waals surface area contributed by atoms with Gasteiger partial charge in [-0.2, -0.15) is 10.5 Å². The fourth-order valence-electron chi connectivity index (χ4n) is 4.78. The van der Waals surface area contributed by atoms with Gasteiger partial charge in [-0.05, 0) is 66.7 Å². The van der Waals surface area contributed by atoms with Gasteiger partial charge in [0, 0.05) is 0 Å². The third-order valence-corrected chi connectivity index (χ3v) is 6.48. The molecule has 0 aromatic carbocycles. The molecule has 210 valence electrons. The van der Waals surface area contributed by atoms with Gasteiger partial charge in [0.2, 0.25) is 0 Å². The van der Waals surface area contributed by atoms with E-state index in [0.29, 0.717) is 25.7 Å². The minimum Gasteiger partial charge on any atom is -0.471 e. The maximum Gasteiger partial charge on any atom is 0.311 e. The normalized spacial score (nSPS) is 16.3. The molecular weight excluding hydrogens is 480 g/mol. The molecular formula is C27H44N2O8. The van der Waals surface area contributed by atoms with E-state index in [0.717, 1.165) is 0 Å². The summed E-state index contributed by atoms with van der Waals surface area (Å²) in [5, 5.41) is 19.4. The summed E-state index contributed by atoms with van der Waals surface area (Å²) in [6.45, 7) is 10.8. The molecule has 0 aliphatic heterocycles. The molecule has 0 amide bonds. The van der Waals surface area contributed by atoms with Crippen LogP contribution in [-0.4, -0.2) is 52.8 Å². The molecule has 10 heteroatoms. The zero-order valence-corrected chi connectivity index (χ0v) is 24.1. The lowest BCUT2D eigenvalue weighted by Crippen LogP contribution is -2.41. The van der Waals surface area contributed by atoms with E-state index in [1.807, 2.05) is 13.8 Å². The Bertz CT molecular complexity index is 859. The Labute approximate surface area is 221 Å². The number of hydrogen-bond acceptors (Lipinski definition) is 10. The fraction of sp³-hybridized carbons (Fsp3) is 0.778. The highest BCUT2D eigenvalue weighted by Crippen LogP contribution is 2.47. The monoisotopic (exact) mass is 524 g/mol. The van der Waals surface area contributed by atoms with Gasteiger partial charge in [0.05, 0.1) is 68.2 Å². The molecule has 0 radical (unpaired) electrons. The molecule has 4 unspecified atom stereocenters. The molecule has 0 spiro atoms. The molecule has 0 bridgehead atoms. The fourth-order valence-corrected chi connectivity index (χ4v) is 4.78. The molecule has 0 aliphatic rings. The number of nitrogens with zero attached hydrogens (tertiary/aromatic N) is 2. The maximum atomic E-state index is 12.8. The second-order valence-corrected chi connectivity index (χ2v) is 10.9. The third-order valence-electron chi connectivity index (χ3n) is 6.48. The Morgan fingerprint density at radius 2 is 1.27 bits per heavy atom. The zero-order valence-electron chi connectivity index (χ0n) is 24.1. The average Bonchev–Trinajstić information content (AvgIpc) is 2.86. The van der Waals surface area contributed by atoms with Crippen LogP contribution in [0.25, 0.3) is 0 Å². The molecule has 0 saturated heterocycles. The molecule has 0 aliphatic carbocycles. The van der Waals surface area contributed by atoms with E-state index in [1.165, 1.54) is 28.4 Å². The minimum absolute atomic E-state index is 0.0841. The number of esters is 3. The van der Waals surface area contributed by atoms with Crippen molar-refractivity contribution in [2.24, 2.45) is 27.6 Å². The molecule has 0 aromatic heterocycles. The average molecular weight is 525 g/mol. The summed E-state index contributed by atoms with van der Waals surface area (Å²) in [4.78, 5) is 46.4. The van der Waals surface area contributed by atoms with Crippen LogP contribution in [0.5, 0.6) is 0 Å². The minimum atomic E-state index is -1.15. The standard InChI is InChI=1S/C25H40N2O6.C2H4O2/c1-18(19(28)31-7)13-25(6,21(30)33-9)15-23(4,17-27)14-24(5,20(29)32-8)12-10-11-22(2,3)16-26;1-4-2-3/h18H,10-15H2,1-9H3;2H,1H3. The summed E-state index contributed by atoms with van der Waals surface area (Å²) in [7, 11) is 5.17. The topological polar surface area (TPSA) is 153 Å². The van der Waals surface area contributed by atoms with Crippen LogP contribution in [0.4, 0.5) is 0 Å². The Hall–Kier alpha value is -3.14. The van der Waals surface area contributed by atoms with Crippen LogP contribution >= 0.6 is 0 Å². The number of methoxy groups -OCH3 is 4. The highest BCUT2D eigenvalue weighted by atomic mass is 16.5. The van der Waals surface area contributed by atoms with Crippen LogP contribution in [0.2, 0.25) is 0 Å². The van der Waals surface area contributed by atoms with Gasteiger partial charge in [-0.15, -0.1) is 0 Å². The second kappa shape index (κ2) is 15.9. The van der Waals surface area contributed by atoms with Crippen LogP contribution in [0.15, 0.2) is 0 Å². The van der Waals surface area contributed by atoms with Gasteiger partial charge in [0.15, 0.2) is 0 Å². The van der Waals surface area contributed by atoms with Gasteiger partial charge in [-0.1, -0.05) is 13.3 Å². The molecule has 0 heterocycles. The predicted molar refractivity (Wildman–Crippen MR) is 135 cm³/mol. The van der Waals surface area contributed by atoms with Crippen LogP contribution in [0.3, 0.4) is 0 Å². The number of rotatable bonds is 14. The van der Waals surface area contributed by atoms with Crippen molar-refractivity contribution in [3.63, 3.8) is 0 Å². The van der Waals surface area contributed by atoms with Crippen molar-refractivity contribution in [1.29, 1.82) is 10.5 Å². The lowest BCUT2D eigenvalue weighted by atomic mass is 9.63. The van der Waals surface area contributed by atoms with Crippen molar-refractivity contribution in [2.45, 2.75) is 80.1 Å². The first kappa shape index (κ1) is 36.0. The van der Waals surface area contributed by atoms with E-state index >= 15 is 0 Å². The molecule has 4 atom stereocenters. The number of carbonyl (C=O) groups excluding carboxylic acids is 4. The summed E-state index contributed by atoms with van der Waals surface area (Å²) in [6.07, 6.45) is 1.98. The van der Waals surface area contributed by atoms with Gasteiger partial charge < -0.3 is 18.9 Å². The van der Waals surface area contributed by atoms with Gasteiger partial charge in [-0.25, -0.2) is 0 Å². The third kappa shape index (κ3) is 12.1. The summed E-state index contributed by atoms with van der Waals surface area (Å²) in [5.41, 5.74) is -3.75. The molecule has 0 N–H and O–H groups in total. The molecule has 0 aromatic rings. The predicted octanol–water partition coefficient (Wildman–Crippen LogP) is 4.36. The van der Waals surface area contributed by atoms with Crippen LogP contribution in [0, 0.1) is 50.2 Å². The van der Waals surface area contributed by atoms with E-state index in [4.69, 9.17) is 19.0 Å². The smallest absolute Gasteiger partial charge is 0.311 e. The Morgan fingerprint density at radius 3 is 1.65 bits per heavy atom. The number of hydrogen-bond donors (Lipinski definition) is 0. The molecule has 0 saturated carbocycles. The summed E-state index contributed by atoms with van der Waals surface area (Å²) in [5.74, 6) is -2.01. The highest BCUT2D eigenvalue weighted by Gasteiger charge is 2.48. The quantitative estimate of drug-likeness (QED) is 0.182. The summed E-state index contributed by atoms with van der Waals surface area (Å²) < 4.78 is 18.7. The van der Waals surface area contributed by atoms with Gasteiger partial charge in [0.25, 0.3) is 6.47 Å². The summed E-state index contributed by atoms with van der Waals surface area (Å²) >= 11 is 0. The summed E-state index contributed by atoms with van der Waals surface area (Å²) in [6, 6.07) is 4.55. The van der Waals surface area contributed by atoms with Gasteiger partial charge >= 0.3 is 17.9 Å². The number of carbonyl (C=O) groups is 4. The van der Waals surface area contributed by atoms with Crippen molar-refractivity contribution in [1.82, 2.24) is 0 Å². The molecule has 10 nitrogen and oxygen atoms in total. The number of ether oxygens (including phenoxy) is 4.